The van der Waals surface area contributed by atoms with Crippen molar-refractivity contribution >= 4 is 28.4 Å². The van der Waals surface area contributed by atoms with Crippen LogP contribution in [0.15, 0.2) is 54.6 Å². The maximum atomic E-state index is 12.6. The lowest BCUT2D eigenvalue weighted by atomic mass is 10.1. The van der Waals surface area contributed by atoms with Crippen molar-refractivity contribution in [3.8, 4) is 11.4 Å². The molecule has 0 aliphatic carbocycles. The van der Waals surface area contributed by atoms with Gasteiger partial charge < -0.3 is 9.80 Å². The monoisotopic (exact) mass is 414 g/mol. The maximum Gasteiger partial charge on any atom is 0.225 e. The number of anilines is 1. The molecule has 0 radical (unpaired) electrons. The van der Waals surface area contributed by atoms with Crippen LogP contribution in [0.4, 0.5) is 5.95 Å². The summed E-state index contributed by atoms with van der Waals surface area (Å²) in [7, 11) is 0. The first-order valence-corrected chi connectivity index (χ1v) is 10.8. The van der Waals surface area contributed by atoms with E-state index in [2.05, 4.69) is 26.4 Å². The Balaban J connectivity index is 1.64. The highest BCUT2D eigenvalue weighted by molar-refractivity contribution is 5.93. The summed E-state index contributed by atoms with van der Waals surface area (Å²) in [5.41, 5.74) is 2.69. The minimum Gasteiger partial charge on any atom is -0.338 e. The molecule has 0 bridgehead atoms. The van der Waals surface area contributed by atoms with Gasteiger partial charge in [-0.1, -0.05) is 56.3 Å². The van der Waals surface area contributed by atoms with Crippen molar-refractivity contribution in [2.75, 3.05) is 24.5 Å². The van der Waals surface area contributed by atoms with E-state index in [1.807, 2.05) is 73.3 Å². The predicted molar refractivity (Wildman–Crippen MR) is 122 cm³/mol. The molecule has 0 N–H and O–H groups in total. The van der Waals surface area contributed by atoms with Gasteiger partial charge in [0.2, 0.25) is 11.9 Å². The molecule has 1 aliphatic heterocycles. The third kappa shape index (κ3) is 3.30. The first kappa shape index (κ1) is 19.5. The molecule has 3 heterocycles. The Hall–Kier alpha value is -3.48. The van der Waals surface area contributed by atoms with E-state index >= 15 is 0 Å². The second-order valence-corrected chi connectivity index (χ2v) is 8.46. The van der Waals surface area contributed by atoms with E-state index in [0.717, 1.165) is 40.4 Å². The molecule has 1 aliphatic rings. The molecule has 2 aromatic carbocycles. The Kier molecular flexibility index (Phi) is 4.81. The number of rotatable bonds is 3. The van der Waals surface area contributed by atoms with Crippen LogP contribution >= 0.6 is 0 Å². The molecule has 2 aromatic heterocycles. The van der Waals surface area contributed by atoms with Crippen molar-refractivity contribution in [3.05, 3.63) is 54.6 Å². The van der Waals surface area contributed by atoms with Crippen molar-refractivity contribution in [2.24, 2.45) is 5.92 Å². The van der Waals surface area contributed by atoms with Crippen LogP contribution in [-0.2, 0) is 4.79 Å². The Morgan fingerprint density at radius 2 is 1.74 bits per heavy atom. The molecule has 1 atom stereocenters. The Labute approximate surface area is 181 Å². The lowest BCUT2D eigenvalue weighted by Crippen LogP contribution is -2.55. The molecule has 1 fully saturated rings. The molecule has 1 amide bonds. The van der Waals surface area contributed by atoms with Crippen molar-refractivity contribution in [1.82, 2.24) is 24.5 Å². The number of aromatic nitrogens is 4. The summed E-state index contributed by atoms with van der Waals surface area (Å²) >= 11 is 0. The lowest BCUT2D eigenvalue weighted by Gasteiger charge is -2.41. The Morgan fingerprint density at radius 3 is 2.48 bits per heavy atom. The van der Waals surface area contributed by atoms with Crippen molar-refractivity contribution in [1.29, 1.82) is 0 Å². The predicted octanol–water partition coefficient (Wildman–Crippen LogP) is 3.64. The average molecular weight is 415 g/mol. The van der Waals surface area contributed by atoms with E-state index in [0.29, 0.717) is 13.1 Å². The van der Waals surface area contributed by atoms with E-state index < -0.39 is 0 Å². The van der Waals surface area contributed by atoms with Crippen LogP contribution in [0.2, 0.25) is 0 Å². The van der Waals surface area contributed by atoms with Crippen LogP contribution in [0.5, 0.6) is 0 Å². The molecule has 4 aromatic rings. The van der Waals surface area contributed by atoms with Crippen LogP contribution in [0, 0.1) is 5.92 Å². The van der Waals surface area contributed by atoms with Gasteiger partial charge in [-0.3, -0.25) is 4.79 Å². The highest BCUT2D eigenvalue weighted by atomic mass is 16.2. The number of fused-ring (bicyclic) bond motifs is 3. The first-order valence-electron chi connectivity index (χ1n) is 10.8. The van der Waals surface area contributed by atoms with Crippen molar-refractivity contribution in [2.45, 2.75) is 26.8 Å². The van der Waals surface area contributed by atoms with E-state index in [4.69, 9.17) is 4.98 Å². The molecular weight excluding hydrogens is 388 g/mol. The number of carbonyl (C=O) groups excluding carboxylic acids is 1. The molecule has 0 saturated carbocycles. The van der Waals surface area contributed by atoms with E-state index in [9.17, 15) is 4.79 Å². The standard InChI is InChI=1S/C24H26N6O/c1-16(2)23(31)29-14-13-28(15-17(29)3)24-25-20-12-8-7-11-19(20)22-27-26-21(30(22)24)18-9-5-4-6-10-18/h4-12,16-17H,13-15H2,1-3H3/t17-/m1/s1. The zero-order valence-corrected chi connectivity index (χ0v) is 18.1. The molecular formula is C24H26N6O. The van der Waals surface area contributed by atoms with E-state index in [-0.39, 0.29) is 17.9 Å². The minimum atomic E-state index is 0.00188. The number of piperazine rings is 1. The van der Waals surface area contributed by atoms with Gasteiger partial charge in [-0.05, 0) is 19.1 Å². The van der Waals surface area contributed by atoms with Gasteiger partial charge in [0.15, 0.2) is 11.5 Å². The van der Waals surface area contributed by atoms with E-state index in [1.165, 1.54) is 0 Å². The average Bonchev–Trinajstić information content (AvgIpc) is 3.24. The third-order valence-electron chi connectivity index (χ3n) is 5.95. The maximum absolute atomic E-state index is 12.6. The summed E-state index contributed by atoms with van der Waals surface area (Å²) in [5, 5.41) is 10.1. The van der Waals surface area contributed by atoms with Crippen LogP contribution in [0.25, 0.3) is 27.9 Å². The highest BCUT2D eigenvalue weighted by Gasteiger charge is 2.31. The fraction of sp³-hybridized carbons (Fsp3) is 0.333. The molecule has 31 heavy (non-hydrogen) atoms. The molecule has 7 nitrogen and oxygen atoms in total. The normalized spacial score (nSPS) is 17.1. The summed E-state index contributed by atoms with van der Waals surface area (Å²) in [6.07, 6.45) is 0. The second-order valence-electron chi connectivity index (χ2n) is 8.46. The van der Waals surface area contributed by atoms with Gasteiger partial charge in [0.1, 0.15) is 0 Å². The van der Waals surface area contributed by atoms with Gasteiger partial charge in [-0.2, -0.15) is 0 Å². The zero-order valence-electron chi connectivity index (χ0n) is 18.1. The van der Waals surface area contributed by atoms with Crippen molar-refractivity contribution in [3.63, 3.8) is 0 Å². The Morgan fingerprint density at radius 1 is 1.00 bits per heavy atom. The number of carbonyl (C=O) groups is 1. The Bertz CT molecular complexity index is 1250. The topological polar surface area (TPSA) is 66.6 Å². The molecule has 0 spiro atoms. The first-order chi connectivity index (χ1) is 15.0. The summed E-state index contributed by atoms with van der Waals surface area (Å²) < 4.78 is 2.06. The number of benzene rings is 2. The number of amides is 1. The smallest absolute Gasteiger partial charge is 0.225 e. The van der Waals surface area contributed by atoms with Gasteiger partial charge in [0, 0.05) is 42.5 Å². The molecule has 7 heteroatoms. The van der Waals surface area contributed by atoms with Crippen LogP contribution < -0.4 is 4.90 Å². The van der Waals surface area contributed by atoms with Crippen molar-refractivity contribution < 1.29 is 4.79 Å². The van der Waals surface area contributed by atoms with Gasteiger partial charge in [0.25, 0.3) is 0 Å². The summed E-state index contributed by atoms with van der Waals surface area (Å²) in [6.45, 7) is 8.13. The molecule has 5 rings (SSSR count). The molecule has 0 unspecified atom stereocenters. The SMILES string of the molecule is CC(C)C(=O)N1CCN(c2nc3ccccc3c3nnc(-c4ccccc4)n23)C[C@H]1C. The van der Waals surface area contributed by atoms with Crippen LogP contribution in [0.1, 0.15) is 20.8 Å². The fourth-order valence-corrected chi connectivity index (χ4v) is 4.35. The number of para-hydroxylation sites is 1. The van der Waals surface area contributed by atoms with Gasteiger partial charge >= 0.3 is 0 Å². The lowest BCUT2D eigenvalue weighted by molar-refractivity contribution is -0.136. The summed E-state index contributed by atoms with van der Waals surface area (Å²) in [5.74, 6) is 1.80. The van der Waals surface area contributed by atoms with Gasteiger partial charge in [-0.15, -0.1) is 10.2 Å². The molecule has 158 valence electrons. The third-order valence-corrected chi connectivity index (χ3v) is 5.95. The summed E-state index contributed by atoms with van der Waals surface area (Å²) in [4.78, 5) is 21.9. The van der Waals surface area contributed by atoms with Gasteiger partial charge in [0.05, 0.1) is 5.52 Å². The largest absolute Gasteiger partial charge is 0.338 e. The quantitative estimate of drug-likeness (QED) is 0.512. The zero-order chi connectivity index (χ0) is 21.5. The van der Waals surface area contributed by atoms with Gasteiger partial charge in [-0.25, -0.2) is 9.38 Å². The second kappa shape index (κ2) is 7.65. The number of hydrogen-bond donors (Lipinski definition) is 0. The van der Waals surface area contributed by atoms with Crippen LogP contribution in [-0.4, -0.2) is 56.1 Å². The number of nitrogens with zero attached hydrogens (tertiary/aromatic N) is 6. The fourth-order valence-electron chi connectivity index (χ4n) is 4.35. The van der Waals surface area contributed by atoms with Crippen LogP contribution in [0.3, 0.4) is 0 Å². The van der Waals surface area contributed by atoms with E-state index in [1.54, 1.807) is 0 Å². The highest BCUT2D eigenvalue weighted by Crippen LogP contribution is 2.29. The minimum absolute atomic E-state index is 0.00188. The molecule has 1 saturated heterocycles. The summed E-state index contributed by atoms with van der Waals surface area (Å²) in [6, 6.07) is 18.2. The number of hydrogen-bond acceptors (Lipinski definition) is 5.